The number of nitrogens with two attached hydrogens (primary N) is 1. The van der Waals surface area contributed by atoms with Crippen LogP contribution in [0.2, 0.25) is 0 Å². The molecule has 0 unspecified atom stereocenters. The van der Waals surface area contributed by atoms with Gasteiger partial charge in [0.25, 0.3) is 0 Å². The zero-order valence-corrected chi connectivity index (χ0v) is 6.74. The summed E-state index contributed by atoms with van der Waals surface area (Å²) in [5, 5.41) is 2.82. The molecule has 0 radical (unpaired) electrons. The van der Waals surface area contributed by atoms with E-state index in [1.165, 1.54) is 0 Å². The summed E-state index contributed by atoms with van der Waals surface area (Å²) in [6.07, 6.45) is 2.17. The van der Waals surface area contributed by atoms with Gasteiger partial charge in [0.1, 0.15) is 0 Å². The van der Waals surface area contributed by atoms with Gasteiger partial charge in [0.2, 0.25) is 0 Å². The molecule has 1 aromatic heterocycles. The van der Waals surface area contributed by atoms with Gasteiger partial charge in [-0.15, -0.1) is 11.3 Å². The molecule has 0 saturated heterocycles. The molecule has 1 aromatic rings. The van der Waals surface area contributed by atoms with Crippen LogP contribution in [0.5, 0.6) is 0 Å². The van der Waals surface area contributed by atoms with Crippen molar-refractivity contribution in [2.75, 3.05) is 5.43 Å². The molecule has 3 nitrogen and oxygen atoms in total. The number of rotatable bonds is 3. The molecular weight excluding hydrogens is 146 g/mol. The van der Waals surface area contributed by atoms with Crippen molar-refractivity contribution in [3.63, 3.8) is 0 Å². The number of hydrogen-bond donors (Lipinski definition) is 2. The van der Waals surface area contributed by atoms with Crippen molar-refractivity contribution in [2.45, 2.75) is 19.8 Å². The molecule has 1 rings (SSSR count). The van der Waals surface area contributed by atoms with Crippen LogP contribution in [0.4, 0.5) is 5.13 Å². The Hall–Kier alpha value is -0.610. The van der Waals surface area contributed by atoms with Gasteiger partial charge in [0.15, 0.2) is 5.13 Å². The van der Waals surface area contributed by atoms with Crippen LogP contribution in [-0.2, 0) is 6.42 Å². The van der Waals surface area contributed by atoms with Crippen molar-refractivity contribution in [2.24, 2.45) is 5.84 Å². The van der Waals surface area contributed by atoms with Crippen molar-refractivity contribution >= 4 is 16.5 Å². The first kappa shape index (κ1) is 7.50. The number of nitrogens with zero attached hydrogens (tertiary/aromatic N) is 1. The van der Waals surface area contributed by atoms with Gasteiger partial charge in [0.05, 0.1) is 5.69 Å². The molecule has 0 atom stereocenters. The number of hydrogen-bond acceptors (Lipinski definition) is 4. The molecule has 0 aliphatic heterocycles. The SMILES string of the molecule is CCCc1csc(NN)n1. The minimum atomic E-state index is 0.795. The van der Waals surface area contributed by atoms with Crippen LogP contribution >= 0.6 is 11.3 Å². The summed E-state index contributed by atoms with van der Waals surface area (Å²) in [6.45, 7) is 2.13. The maximum absolute atomic E-state index is 5.16. The van der Waals surface area contributed by atoms with Crippen molar-refractivity contribution in [3.05, 3.63) is 11.1 Å². The van der Waals surface area contributed by atoms with Gasteiger partial charge in [-0.25, -0.2) is 10.8 Å². The first-order valence-corrected chi connectivity index (χ1v) is 4.15. The van der Waals surface area contributed by atoms with E-state index >= 15 is 0 Å². The molecule has 10 heavy (non-hydrogen) atoms. The molecule has 1 heterocycles. The van der Waals surface area contributed by atoms with E-state index < -0.39 is 0 Å². The van der Waals surface area contributed by atoms with Gasteiger partial charge < -0.3 is 0 Å². The van der Waals surface area contributed by atoms with E-state index in [4.69, 9.17) is 5.84 Å². The molecular formula is C6H11N3S. The number of aryl methyl sites for hydroxylation is 1. The minimum Gasteiger partial charge on any atom is -0.300 e. The van der Waals surface area contributed by atoms with Crippen LogP contribution in [0.25, 0.3) is 0 Å². The third kappa shape index (κ3) is 1.68. The van der Waals surface area contributed by atoms with Gasteiger partial charge in [-0.2, -0.15) is 0 Å². The third-order valence-electron chi connectivity index (χ3n) is 1.18. The fourth-order valence-electron chi connectivity index (χ4n) is 0.744. The second-order valence-electron chi connectivity index (χ2n) is 2.04. The third-order valence-corrected chi connectivity index (χ3v) is 2.00. The summed E-state index contributed by atoms with van der Waals surface area (Å²) in [5.41, 5.74) is 3.64. The normalized spacial score (nSPS) is 9.80. The maximum Gasteiger partial charge on any atom is 0.197 e. The Morgan fingerprint density at radius 3 is 3.10 bits per heavy atom. The van der Waals surface area contributed by atoms with Gasteiger partial charge in [0, 0.05) is 5.38 Å². The van der Waals surface area contributed by atoms with Gasteiger partial charge in [-0.3, -0.25) is 5.43 Å². The van der Waals surface area contributed by atoms with E-state index in [1.54, 1.807) is 11.3 Å². The highest BCUT2D eigenvalue weighted by atomic mass is 32.1. The fourth-order valence-corrected chi connectivity index (χ4v) is 1.40. The first-order chi connectivity index (χ1) is 4.86. The molecule has 4 heteroatoms. The van der Waals surface area contributed by atoms with Crippen LogP contribution in [0.1, 0.15) is 19.0 Å². The highest BCUT2D eigenvalue weighted by molar-refractivity contribution is 7.13. The average Bonchev–Trinajstić information content (AvgIpc) is 2.37. The fraction of sp³-hybridized carbons (Fsp3) is 0.500. The number of aromatic nitrogens is 1. The number of anilines is 1. The maximum atomic E-state index is 5.16. The number of nitrogens with one attached hydrogen (secondary N) is 1. The van der Waals surface area contributed by atoms with Crippen molar-refractivity contribution in [1.29, 1.82) is 0 Å². The Balaban J connectivity index is 2.59. The lowest BCUT2D eigenvalue weighted by molar-refractivity contribution is 0.893. The van der Waals surface area contributed by atoms with E-state index in [2.05, 4.69) is 17.3 Å². The Morgan fingerprint density at radius 2 is 2.60 bits per heavy atom. The van der Waals surface area contributed by atoms with E-state index in [-0.39, 0.29) is 0 Å². The lowest BCUT2D eigenvalue weighted by atomic mass is 10.3. The summed E-state index contributed by atoms with van der Waals surface area (Å²) in [4.78, 5) is 4.20. The number of nitrogen functional groups attached to an aromatic ring is 1. The Bertz CT molecular complexity index is 197. The molecule has 0 spiro atoms. The molecule has 0 saturated carbocycles. The van der Waals surface area contributed by atoms with Crippen LogP contribution < -0.4 is 11.3 Å². The Morgan fingerprint density at radius 1 is 1.80 bits per heavy atom. The molecule has 0 aliphatic carbocycles. The van der Waals surface area contributed by atoms with Crippen molar-refractivity contribution in [1.82, 2.24) is 4.98 Å². The van der Waals surface area contributed by atoms with E-state index in [0.29, 0.717) is 0 Å². The van der Waals surface area contributed by atoms with Gasteiger partial charge in [-0.1, -0.05) is 13.3 Å². The molecule has 3 N–H and O–H groups in total. The summed E-state index contributed by atoms with van der Waals surface area (Å²) in [7, 11) is 0. The minimum absolute atomic E-state index is 0.795. The summed E-state index contributed by atoms with van der Waals surface area (Å²) < 4.78 is 0. The van der Waals surface area contributed by atoms with E-state index in [9.17, 15) is 0 Å². The first-order valence-electron chi connectivity index (χ1n) is 3.28. The van der Waals surface area contributed by atoms with Gasteiger partial charge >= 0.3 is 0 Å². The molecule has 0 amide bonds. The quantitative estimate of drug-likeness (QED) is 0.515. The Labute approximate surface area is 64.2 Å². The highest BCUT2D eigenvalue weighted by Gasteiger charge is 1.96. The highest BCUT2D eigenvalue weighted by Crippen LogP contribution is 2.14. The monoisotopic (exact) mass is 157 g/mol. The second-order valence-corrected chi connectivity index (χ2v) is 2.90. The lowest BCUT2D eigenvalue weighted by Gasteiger charge is -1.89. The summed E-state index contributed by atoms with van der Waals surface area (Å²) in [6, 6.07) is 0. The van der Waals surface area contributed by atoms with Gasteiger partial charge in [-0.05, 0) is 6.42 Å². The molecule has 0 fully saturated rings. The number of thiazole rings is 1. The summed E-state index contributed by atoms with van der Waals surface area (Å²) >= 11 is 1.54. The van der Waals surface area contributed by atoms with E-state index in [0.717, 1.165) is 23.7 Å². The van der Waals surface area contributed by atoms with Crippen LogP contribution in [0.3, 0.4) is 0 Å². The second kappa shape index (κ2) is 3.53. The lowest BCUT2D eigenvalue weighted by Crippen LogP contribution is -2.05. The van der Waals surface area contributed by atoms with Crippen molar-refractivity contribution < 1.29 is 0 Å². The molecule has 0 aliphatic rings. The topological polar surface area (TPSA) is 50.9 Å². The van der Waals surface area contributed by atoms with Crippen molar-refractivity contribution in [3.8, 4) is 0 Å². The van der Waals surface area contributed by atoms with Crippen LogP contribution in [0.15, 0.2) is 5.38 Å². The Kier molecular flexibility index (Phi) is 2.65. The molecule has 56 valence electrons. The predicted molar refractivity (Wildman–Crippen MR) is 43.9 cm³/mol. The molecule has 0 aromatic carbocycles. The zero-order valence-electron chi connectivity index (χ0n) is 5.92. The predicted octanol–water partition coefficient (Wildman–Crippen LogP) is 1.38. The number of hydrazine groups is 1. The standard InChI is InChI=1S/C6H11N3S/c1-2-3-5-4-10-6(8-5)9-7/h4H,2-3,7H2,1H3,(H,8,9). The van der Waals surface area contributed by atoms with Crippen LogP contribution in [0, 0.1) is 0 Å². The zero-order chi connectivity index (χ0) is 7.40. The smallest absolute Gasteiger partial charge is 0.197 e. The summed E-state index contributed by atoms with van der Waals surface area (Å²) in [5.74, 6) is 5.16. The van der Waals surface area contributed by atoms with E-state index in [1.807, 2.05) is 5.38 Å². The van der Waals surface area contributed by atoms with Crippen LogP contribution in [-0.4, -0.2) is 4.98 Å². The average molecular weight is 157 g/mol. The molecule has 0 bridgehead atoms. The largest absolute Gasteiger partial charge is 0.300 e.